The molecule has 2 rings (SSSR count). The van der Waals surface area contributed by atoms with Crippen molar-refractivity contribution >= 4 is 28.4 Å². The van der Waals surface area contributed by atoms with Crippen LogP contribution in [0.1, 0.15) is 43.0 Å². The molecule has 19 heavy (non-hydrogen) atoms. The number of benzene rings is 1. The van der Waals surface area contributed by atoms with Crippen LogP contribution < -0.4 is 10.1 Å². The molecule has 1 aliphatic heterocycles. The van der Waals surface area contributed by atoms with E-state index >= 15 is 0 Å². The molecule has 1 aromatic rings. The smallest absolute Gasteiger partial charge is 0.265 e. The summed E-state index contributed by atoms with van der Waals surface area (Å²) in [6, 6.07) is 4.79. The largest absolute Gasteiger partial charge is 0.478 e. The van der Waals surface area contributed by atoms with Crippen molar-refractivity contribution in [1.29, 1.82) is 0 Å². The zero-order valence-electron chi connectivity index (χ0n) is 10.7. The molecule has 0 spiro atoms. The van der Waals surface area contributed by atoms with E-state index in [1.807, 2.05) is 0 Å². The SMILES string of the molecule is CCCCCC1Oc2ccc(C(=O)Cl)cc2NC1=O. The lowest BCUT2D eigenvalue weighted by Gasteiger charge is -2.26. The molecule has 0 aliphatic carbocycles. The monoisotopic (exact) mass is 281 g/mol. The molecule has 0 radical (unpaired) electrons. The lowest BCUT2D eigenvalue weighted by Crippen LogP contribution is -2.36. The van der Waals surface area contributed by atoms with Gasteiger partial charge in [0, 0.05) is 5.56 Å². The Labute approximate surface area is 117 Å². The summed E-state index contributed by atoms with van der Waals surface area (Å²) in [6.07, 6.45) is 3.40. The fourth-order valence-corrected chi connectivity index (χ4v) is 2.16. The normalized spacial score (nSPS) is 17.4. The zero-order valence-corrected chi connectivity index (χ0v) is 11.5. The Morgan fingerprint density at radius 2 is 2.21 bits per heavy atom. The van der Waals surface area contributed by atoms with E-state index < -0.39 is 11.3 Å². The Bertz CT molecular complexity index is 501. The van der Waals surface area contributed by atoms with Gasteiger partial charge in [0.15, 0.2) is 6.10 Å². The number of hydrogen-bond donors (Lipinski definition) is 1. The topological polar surface area (TPSA) is 55.4 Å². The molecule has 1 N–H and O–H groups in total. The van der Waals surface area contributed by atoms with Crippen molar-refractivity contribution in [2.45, 2.75) is 38.7 Å². The summed E-state index contributed by atoms with van der Waals surface area (Å²) in [5, 5.41) is 2.20. The highest BCUT2D eigenvalue weighted by Gasteiger charge is 2.27. The third kappa shape index (κ3) is 3.26. The van der Waals surface area contributed by atoms with Crippen LogP contribution in [0.4, 0.5) is 5.69 Å². The Kier molecular flexibility index (Phi) is 4.43. The molecule has 1 amide bonds. The Balaban J connectivity index is 2.11. The van der Waals surface area contributed by atoms with Crippen LogP contribution in [-0.2, 0) is 4.79 Å². The van der Waals surface area contributed by atoms with Gasteiger partial charge in [-0.05, 0) is 42.6 Å². The molecule has 1 aliphatic rings. The van der Waals surface area contributed by atoms with Crippen molar-refractivity contribution < 1.29 is 14.3 Å². The van der Waals surface area contributed by atoms with Crippen molar-refractivity contribution in [3.8, 4) is 5.75 Å². The van der Waals surface area contributed by atoms with Gasteiger partial charge < -0.3 is 10.1 Å². The molecule has 1 unspecified atom stereocenters. The molecule has 1 aromatic carbocycles. The van der Waals surface area contributed by atoms with Gasteiger partial charge in [-0.2, -0.15) is 0 Å². The highest BCUT2D eigenvalue weighted by molar-refractivity contribution is 6.67. The predicted molar refractivity (Wildman–Crippen MR) is 73.8 cm³/mol. The van der Waals surface area contributed by atoms with Crippen LogP contribution in [0.25, 0.3) is 0 Å². The molecule has 1 atom stereocenters. The maximum Gasteiger partial charge on any atom is 0.265 e. The van der Waals surface area contributed by atoms with Gasteiger partial charge in [-0.15, -0.1) is 0 Å². The highest BCUT2D eigenvalue weighted by atomic mass is 35.5. The van der Waals surface area contributed by atoms with Gasteiger partial charge in [0.25, 0.3) is 11.1 Å². The zero-order chi connectivity index (χ0) is 13.8. The molecule has 0 saturated heterocycles. The molecule has 0 fully saturated rings. The standard InChI is InChI=1S/C14H16ClNO3/c1-2-3-4-5-12-14(18)16-10-8-9(13(15)17)6-7-11(10)19-12/h6-8,12H,2-5H2,1H3,(H,16,18). The van der Waals surface area contributed by atoms with Gasteiger partial charge in [-0.25, -0.2) is 0 Å². The van der Waals surface area contributed by atoms with Crippen molar-refractivity contribution in [2.24, 2.45) is 0 Å². The first kappa shape index (κ1) is 13.9. The number of hydrogen-bond acceptors (Lipinski definition) is 3. The first-order valence-corrected chi connectivity index (χ1v) is 6.81. The molecular formula is C14H16ClNO3. The van der Waals surface area contributed by atoms with Gasteiger partial charge in [-0.1, -0.05) is 19.8 Å². The number of carbonyl (C=O) groups is 2. The van der Waals surface area contributed by atoms with Crippen LogP contribution in [0.5, 0.6) is 5.75 Å². The van der Waals surface area contributed by atoms with Gasteiger partial charge in [0.1, 0.15) is 5.75 Å². The summed E-state index contributed by atoms with van der Waals surface area (Å²) in [7, 11) is 0. The minimum atomic E-state index is -0.554. The summed E-state index contributed by atoms with van der Waals surface area (Å²) < 4.78 is 5.66. The minimum Gasteiger partial charge on any atom is -0.478 e. The van der Waals surface area contributed by atoms with E-state index in [-0.39, 0.29) is 5.91 Å². The van der Waals surface area contributed by atoms with E-state index in [1.165, 1.54) is 6.07 Å². The number of halogens is 1. The number of amides is 1. The second kappa shape index (κ2) is 6.06. The van der Waals surface area contributed by atoms with Crippen LogP contribution in [-0.4, -0.2) is 17.3 Å². The van der Waals surface area contributed by atoms with E-state index in [0.29, 0.717) is 23.4 Å². The molecule has 5 heteroatoms. The van der Waals surface area contributed by atoms with Crippen LogP contribution >= 0.6 is 11.6 Å². The Morgan fingerprint density at radius 3 is 2.89 bits per heavy atom. The maximum atomic E-state index is 11.9. The van der Waals surface area contributed by atoms with E-state index in [1.54, 1.807) is 12.1 Å². The van der Waals surface area contributed by atoms with Crippen LogP contribution in [0.3, 0.4) is 0 Å². The second-order valence-corrected chi connectivity index (χ2v) is 4.92. The van der Waals surface area contributed by atoms with Crippen LogP contribution in [0.15, 0.2) is 18.2 Å². The quantitative estimate of drug-likeness (QED) is 0.665. The third-order valence-corrected chi connectivity index (χ3v) is 3.31. The number of ether oxygens (including phenoxy) is 1. The first-order valence-electron chi connectivity index (χ1n) is 6.43. The molecule has 1 heterocycles. The summed E-state index contributed by atoms with van der Waals surface area (Å²) >= 11 is 5.40. The van der Waals surface area contributed by atoms with Gasteiger partial charge in [0.05, 0.1) is 5.69 Å². The maximum absolute atomic E-state index is 11.9. The number of rotatable bonds is 5. The molecule has 0 bridgehead atoms. The summed E-state index contributed by atoms with van der Waals surface area (Å²) in [5.41, 5.74) is 0.844. The van der Waals surface area contributed by atoms with Crippen molar-refractivity contribution in [3.63, 3.8) is 0 Å². The fraction of sp³-hybridized carbons (Fsp3) is 0.429. The average Bonchev–Trinajstić information content (AvgIpc) is 2.39. The van der Waals surface area contributed by atoms with Crippen LogP contribution in [0, 0.1) is 0 Å². The van der Waals surface area contributed by atoms with E-state index in [9.17, 15) is 9.59 Å². The first-order chi connectivity index (χ1) is 9.11. The Morgan fingerprint density at radius 1 is 1.42 bits per heavy atom. The highest BCUT2D eigenvalue weighted by Crippen LogP contribution is 2.32. The van der Waals surface area contributed by atoms with Gasteiger partial charge >= 0.3 is 0 Å². The lowest BCUT2D eigenvalue weighted by molar-refractivity contribution is -0.123. The van der Waals surface area contributed by atoms with Crippen molar-refractivity contribution in [2.75, 3.05) is 5.32 Å². The fourth-order valence-electron chi connectivity index (χ4n) is 2.04. The molecule has 4 nitrogen and oxygen atoms in total. The second-order valence-electron chi connectivity index (χ2n) is 4.58. The van der Waals surface area contributed by atoms with Gasteiger partial charge in [-0.3, -0.25) is 9.59 Å². The lowest BCUT2D eigenvalue weighted by atomic mass is 10.1. The van der Waals surface area contributed by atoms with E-state index in [0.717, 1.165) is 19.3 Å². The Hall–Kier alpha value is -1.55. The molecule has 0 saturated carbocycles. The molecule has 0 aromatic heterocycles. The van der Waals surface area contributed by atoms with Crippen molar-refractivity contribution in [3.05, 3.63) is 23.8 Å². The predicted octanol–water partition coefficient (Wildman–Crippen LogP) is 3.35. The molecular weight excluding hydrogens is 266 g/mol. The summed E-state index contributed by atoms with van der Waals surface area (Å²) in [4.78, 5) is 22.9. The average molecular weight is 282 g/mol. The van der Waals surface area contributed by atoms with E-state index in [4.69, 9.17) is 16.3 Å². The summed E-state index contributed by atoms with van der Waals surface area (Å²) in [6.45, 7) is 2.11. The third-order valence-electron chi connectivity index (χ3n) is 3.10. The summed E-state index contributed by atoms with van der Waals surface area (Å²) in [5.74, 6) is 0.422. The van der Waals surface area contributed by atoms with Crippen LogP contribution in [0.2, 0.25) is 0 Å². The van der Waals surface area contributed by atoms with E-state index in [2.05, 4.69) is 12.2 Å². The number of unbranched alkanes of at least 4 members (excludes halogenated alkanes) is 2. The number of anilines is 1. The number of carbonyl (C=O) groups excluding carboxylic acids is 2. The number of fused-ring (bicyclic) bond motifs is 1. The molecule has 102 valence electrons. The number of nitrogens with one attached hydrogen (secondary N) is 1. The van der Waals surface area contributed by atoms with Crippen molar-refractivity contribution in [1.82, 2.24) is 0 Å². The van der Waals surface area contributed by atoms with Gasteiger partial charge in [0.2, 0.25) is 0 Å². The minimum absolute atomic E-state index is 0.164.